The van der Waals surface area contributed by atoms with E-state index in [4.69, 9.17) is 15.7 Å². The molecule has 24 heavy (non-hydrogen) atoms. The number of aromatic nitrogens is 4. The molecule has 116 valence electrons. The number of para-hydroxylation sites is 3. The van der Waals surface area contributed by atoms with Crippen LogP contribution in [0.2, 0.25) is 0 Å². The van der Waals surface area contributed by atoms with Gasteiger partial charge in [0.05, 0.1) is 27.9 Å². The first kappa shape index (κ1) is 13.3. The quantitative estimate of drug-likeness (QED) is 0.544. The summed E-state index contributed by atoms with van der Waals surface area (Å²) < 4.78 is 4.25. The molecule has 0 atom stereocenters. The van der Waals surface area contributed by atoms with E-state index in [-0.39, 0.29) is 0 Å². The topological polar surface area (TPSA) is 61.1 Å². The van der Waals surface area contributed by atoms with E-state index in [0.29, 0.717) is 6.54 Å². The smallest absolute Gasteiger partial charge is 0.221 e. The number of imidazole rings is 2. The summed E-state index contributed by atoms with van der Waals surface area (Å²) in [6, 6.07) is 22.4. The SMILES string of the molecule is NCc1ccc2c(n1)n(-c1ccccc1)c1nc3ccccc3n21. The molecule has 0 saturated heterocycles. The van der Waals surface area contributed by atoms with Gasteiger partial charge in [0.2, 0.25) is 5.78 Å². The molecule has 5 heteroatoms. The lowest BCUT2D eigenvalue weighted by molar-refractivity contribution is 0.987. The van der Waals surface area contributed by atoms with Gasteiger partial charge in [-0.3, -0.25) is 8.97 Å². The van der Waals surface area contributed by atoms with Crippen molar-refractivity contribution in [2.45, 2.75) is 6.54 Å². The molecular weight excluding hydrogens is 298 g/mol. The number of pyridine rings is 1. The molecule has 3 aromatic heterocycles. The zero-order valence-corrected chi connectivity index (χ0v) is 12.9. The fraction of sp³-hybridized carbons (Fsp3) is 0.0526. The van der Waals surface area contributed by atoms with Crippen LogP contribution in [-0.4, -0.2) is 18.9 Å². The average molecular weight is 313 g/mol. The van der Waals surface area contributed by atoms with Gasteiger partial charge in [-0.05, 0) is 36.4 Å². The highest BCUT2D eigenvalue weighted by molar-refractivity contribution is 5.90. The fourth-order valence-corrected chi connectivity index (χ4v) is 3.24. The number of benzene rings is 2. The van der Waals surface area contributed by atoms with E-state index >= 15 is 0 Å². The largest absolute Gasteiger partial charge is 0.325 e. The van der Waals surface area contributed by atoms with Crippen LogP contribution in [-0.2, 0) is 6.54 Å². The van der Waals surface area contributed by atoms with E-state index in [2.05, 4.69) is 33.2 Å². The molecule has 2 N–H and O–H groups in total. The molecular formula is C19H15N5. The van der Waals surface area contributed by atoms with Gasteiger partial charge in [-0.1, -0.05) is 30.3 Å². The van der Waals surface area contributed by atoms with Crippen molar-refractivity contribution in [3.63, 3.8) is 0 Å². The van der Waals surface area contributed by atoms with E-state index in [9.17, 15) is 0 Å². The third-order valence-electron chi connectivity index (χ3n) is 4.33. The summed E-state index contributed by atoms with van der Waals surface area (Å²) in [6.45, 7) is 0.416. The van der Waals surface area contributed by atoms with Crippen LogP contribution in [0.3, 0.4) is 0 Å². The monoisotopic (exact) mass is 313 g/mol. The van der Waals surface area contributed by atoms with Crippen LogP contribution in [0.25, 0.3) is 33.7 Å². The first-order valence-electron chi connectivity index (χ1n) is 7.90. The summed E-state index contributed by atoms with van der Waals surface area (Å²) in [5.41, 5.74) is 11.6. The number of fused-ring (bicyclic) bond motifs is 5. The number of hydrogen-bond donors (Lipinski definition) is 1. The summed E-state index contributed by atoms with van der Waals surface area (Å²) in [7, 11) is 0. The lowest BCUT2D eigenvalue weighted by atomic mass is 10.3. The Morgan fingerprint density at radius 2 is 1.58 bits per heavy atom. The Bertz CT molecular complexity index is 1180. The minimum Gasteiger partial charge on any atom is -0.325 e. The summed E-state index contributed by atoms with van der Waals surface area (Å²) >= 11 is 0. The second-order valence-electron chi connectivity index (χ2n) is 5.76. The molecule has 0 radical (unpaired) electrons. The molecule has 0 amide bonds. The van der Waals surface area contributed by atoms with E-state index < -0.39 is 0 Å². The van der Waals surface area contributed by atoms with Crippen molar-refractivity contribution >= 4 is 28.0 Å². The highest BCUT2D eigenvalue weighted by atomic mass is 15.2. The zero-order chi connectivity index (χ0) is 16.1. The summed E-state index contributed by atoms with van der Waals surface area (Å²) in [5.74, 6) is 0.860. The van der Waals surface area contributed by atoms with Gasteiger partial charge in [-0.25, -0.2) is 9.97 Å². The molecule has 5 nitrogen and oxygen atoms in total. The maximum absolute atomic E-state index is 5.80. The van der Waals surface area contributed by atoms with E-state index in [1.165, 1.54) is 0 Å². The van der Waals surface area contributed by atoms with Crippen molar-refractivity contribution < 1.29 is 0 Å². The van der Waals surface area contributed by atoms with Gasteiger partial charge in [-0.2, -0.15) is 0 Å². The Labute approximate surface area is 138 Å². The molecule has 5 aromatic rings. The number of nitrogens with zero attached hydrogens (tertiary/aromatic N) is 4. The van der Waals surface area contributed by atoms with Gasteiger partial charge in [0.15, 0.2) is 5.65 Å². The normalized spacial score (nSPS) is 11.7. The summed E-state index contributed by atoms with van der Waals surface area (Å²) in [5, 5.41) is 0. The average Bonchev–Trinajstić information content (AvgIpc) is 3.16. The van der Waals surface area contributed by atoms with Crippen LogP contribution < -0.4 is 5.73 Å². The fourth-order valence-electron chi connectivity index (χ4n) is 3.24. The van der Waals surface area contributed by atoms with Gasteiger partial charge in [0.1, 0.15) is 0 Å². The Kier molecular flexibility index (Phi) is 2.72. The van der Waals surface area contributed by atoms with Gasteiger partial charge < -0.3 is 5.73 Å². The van der Waals surface area contributed by atoms with Crippen molar-refractivity contribution in [2.24, 2.45) is 5.73 Å². The summed E-state index contributed by atoms with van der Waals surface area (Å²) in [4.78, 5) is 9.60. The highest BCUT2D eigenvalue weighted by Crippen LogP contribution is 2.28. The molecule has 0 unspecified atom stereocenters. The van der Waals surface area contributed by atoms with Crippen molar-refractivity contribution in [1.29, 1.82) is 0 Å². The first-order chi connectivity index (χ1) is 11.9. The van der Waals surface area contributed by atoms with Gasteiger partial charge in [0, 0.05) is 6.54 Å². The number of rotatable bonds is 2. The van der Waals surface area contributed by atoms with E-state index in [1.54, 1.807) is 0 Å². The van der Waals surface area contributed by atoms with Gasteiger partial charge in [0.25, 0.3) is 0 Å². The third-order valence-corrected chi connectivity index (χ3v) is 4.33. The minimum absolute atomic E-state index is 0.416. The molecule has 0 spiro atoms. The van der Waals surface area contributed by atoms with Crippen LogP contribution in [0.5, 0.6) is 0 Å². The van der Waals surface area contributed by atoms with Crippen LogP contribution >= 0.6 is 0 Å². The molecule has 0 aliphatic carbocycles. The Hall–Kier alpha value is -3.18. The lowest BCUT2D eigenvalue weighted by Crippen LogP contribution is -2.02. The number of hydrogen-bond acceptors (Lipinski definition) is 3. The lowest BCUT2D eigenvalue weighted by Gasteiger charge is -2.04. The highest BCUT2D eigenvalue weighted by Gasteiger charge is 2.17. The maximum atomic E-state index is 5.80. The van der Waals surface area contributed by atoms with Crippen LogP contribution in [0.4, 0.5) is 0 Å². The van der Waals surface area contributed by atoms with E-state index in [0.717, 1.165) is 39.4 Å². The van der Waals surface area contributed by atoms with Gasteiger partial charge >= 0.3 is 0 Å². The molecule has 2 aromatic carbocycles. The molecule has 5 rings (SSSR count). The Morgan fingerprint density at radius 1 is 0.792 bits per heavy atom. The van der Waals surface area contributed by atoms with Crippen molar-refractivity contribution in [3.05, 3.63) is 72.4 Å². The molecule has 0 saturated carbocycles. The van der Waals surface area contributed by atoms with E-state index in [1.807, 2.05) is 42.5 Å². The predicted octanol–water partition coefficient (Wildman–Crippen LogP) is 3.29. The Balaban J connectivity index is 2.02. The molecule has 3 heterocycles. The predicted molar refractivity (Wildman–Crippen MR) is 95.2 cm³/mol. The minimum atomic E-state index is 0.416. The molecule has 0 bridgehead atoms. The summed E-state index contributed by atoms with van der Waals surface area (Å²) in [6.07, 6.45) is 0. The second kappa shape index (κ2) is 4.91. The number of nitrogens with two attached hydrogens (primary N) is 1. The Morgan fingerprint density at radius 3 is 2.42 bits per heavy atom. The van der Waals surface area contributed by atoms with Crippen LogP contribution in [0.15, 0.2) is 66.7 Å². The zero-order valence-electron chi connectivity index (χ0n) is 12.9. The van der Waals surface area contributed by atoms with Crippen molar-refractivity contribution in [2.75, 3.05) is 0 Å². The molecule has 0 aliphatic rings. The standard InChI is InChI=1S/C19H15N5/c20-12-13-10-11-17-18(21-13)23(14-6-2-1-3-7-14)19-22-15-8-4-5-9-16(15)24(17)19/h1-11H,12,20H2. The van der Waals surface area contributed by atoms with Gasteiger partial charge in [-0.15, -0.1) is 0 Å². The molecule has 0 fully saturated rings. The van der Waals surface area contributed by atoms with Crippen molar-refractivity contribution in [3.8, 4) is 5.69 Å². The van der Waals surface area contributed by atoms with Crippen LogP contribution in [0.1, 0.15) is 5.69 Å². The van der Waals surface area contributed by atoms with Crippen LogP contribution in [0, 0.1) is 0 Å². The van der Waals surface area contributed by atoms with Crippen molar-refractivity contribution in [1.82, 2.24) is 18.9 Å². The maximum Gasteiger partial charge on any atom is 0.221 e. The third kappa shape index (κ3) is 1.73. The molecule has 0 aliphatic heterocycles. The first-order valence-corrected chi connectivity index (χ1v) is 7.90. The second-order valence-corrected chi connectivity index (χ2v) is 5.76.